The van der Waals surface area contributed by atoms with E-state index in [0.717, 1.165) is 6.08 Å². The van der Waals surface area contributed by atoms with Crippen molar-refractivity contribution in [2.45, 2.75) is 71.9 Å². The second-order valence-corrected chi connectivity index (χ2v) is 11.3. The number of carbonyl (C=O) groups is 5. The van der Waals surface area contributed by atoms with E-state index in [0.29, 0.717) is 12.0 Å². The smallest absolute Gasteiger partial charge is 0.405 e. The third-order valence-corrected chi connectivity index (χ3v) is 7.59. The standard InChI is InChI=1S/C32H46N4O9/c1-17-13-22-27(35-12-11-34-21(5)37)24(38)16-23(29(22)40)36-31(41)18(2)9-8-10-25(43-6)30(45-32(33)42)20(4)15-19(3)28(39)26(14-17)44-7/h8-10,15-17,19,25-26,28,30,35,39H,11-14H2,1-7H3,(H2,33,42)(H,34,37)(H,36,41)/t17-,19+,25+,26+,28-,30+/m1/s1. The Morgan fingerprint density at radius 3 is 2.40 bits per heavy atom. The number of methoxy groups -OCH3 is 2. The van der Waals surface area contributed by atoms with Crippen LogP contribution in [0.2, 0.25) is 0 Å². The molecule has 3 amide bonds. The predicted octanol–water partition coefficient (Wildman–Crippen LogP) is 1.49. The molecule has 0 spiro atoms. The first-order valence-electron chi connectivity index (χ1n) is 14.8. The highest BCUT2D eigenvalue weighted by molar-refractivity contribution is 6.23. The number of fused-ring (bicyclic) bond motifs is 2. The van der Waals surface area contributed by atoms with Crippen molar-refractivity contribution in [3.63, 3.8) is 0 Å². The van der Waals surface area contributed by atoms with Gasteiger partial charge in [0.25, 0.3) is 5.91 Å². The first kappa shape index (κ1) is 37.1. The van der Waals surface area contributed by atoms with Crippen LogP contribution >= 0.6 is 0 Å². The van der Waals surface area contributed by atoms with E-state index in [4.69, 9.17) is 19.9 Å². The molecule has 248 valence electrons. The van der Waals surface area contributed by atoms with Gasteiger partial charge < -0.3 is 41.0 Å². The van der Waals surface area contributed by atoms with Crippen molar-refractivity contribution in [3.05, 3.63) is 58.5 Å². The lowest BCUT2D eigenvalue weighted by Crippen LogP contribution is -2.39. The number of amides is 3. The second-order valence-electron chi connectivity index (χ2n) is 11.3. The topological polar surface area (TPSA) is 195 Å². The van der Waals surface area contributed by atoms with E-state index < -0.39 is 53.9 Å². The van der Waals surface area contributed by atoms with Gasteiger partial charge in [-0.15, -0.1) is 0 Å². The largest absolute Gasteiger partial charge is 0.439 e. The third kappa shape index (κ3) is 10.8. The van der Waals surface area contributed by atoms with Crippen molar-refractivity contribution in [2.24, 2.45) is 17.6 Å². The van der Waals surface area contributed by atoms with Crippen molar-refractivity contribution in [3.8, 4) is 0 Å². The Labute approximate surface area is 264 Å². The number of hydrogen-bond acceptors (Lipinski definition) is 10. The molecule has 0 aromatic carbocycles. The lowest BCUT2D eigenvalue weighted by Gasteiger charge is -2.30. The first-order chi connectivity index (χ1) is 21.2. The molecule has 6 atom stereocenters. The Hall–Kier alpha value is -4.07. The number of nitrogens with two attached hydrogens (primary N) is 1. The average molecular weight is 631 g/mol. The normalized spacial score (nSPS) is 27.2. The van der Waals surface area contributed by atoms with Gasteiger partial charge in [-0.2, -0.15) is 0 Å². The third-order valence-electron chi connectivity index (χ3n) is 7.59. The van der Waals surface area contributed by atoms with Gasteiger partial charge in [0.1, 0.15) is 6.10 Å². The van der Waals surface area contributed by atoms with Crippen LogP contribution in [0.4, 0.5) is 4.79 Å². The maximum atomic E-state index is 13.7. The highest BCUT2D eigenvalue weighted by Crippen LogP contribution is 2.28. The van der Waals surface area contributed by atoms with Gasteiger partial charge in [0.05, 0.1) is 23.6 Å². The van der Waals surface area contributed by atoms with Gasteiger partial charge in [0, 0.05) is 57.4 Å². The molecular weight excluding hydrogens is 584 g/mol. The minimum absolute atomic E-state index is 0.0869. The lowest BCUT2D eigenvalue weighted by molar-refractivity contribution is -0.120. The Kier molecular flexibility index (Phi) is 14.4. The molecule has 0 radical (unpaired) electrons. The fraction of sp³-hybridized carbons (Fsp3) is 0.531. The second kappa shape index (κ2) is 17.4. The molecule has 0 saturated carbocycles. The summed E-state index contributed by atoms with van der Waals surface area (Å²) in [5.41, 5.74) is 6.23. The number of aliphatic hydroxyl groups excluding tert-OH is 1. The molecule has 45 heavy (non-hydrogen) atoms. The number of ketones is 2. The van der Waals surface area contributed by atoms with Gasteiger partial charge in [-0.1, -0.05) is 38.2 Å². The zero-order chi connectivity index (χ0) is 33.8. The van der Waals surface area contributed by atoms with Crippen LogP contribution in [0, 0.1) is 11.8 Å². The number of allylic oxidation sites excluding steroid dienone is 4. The summed E-state index contributed by atoms with van der Waals surface area (Å²) in [5, 5.41) is 19.4. The van der Waals surface area contributed by atoms with E-state index in [2.05, 4.69) is 16.0 Å². The van der Waals surface area contributed by atoms with E-state index in [1.54, 1.807) is 26.0 Å². The molecule has 0 fully saturated rings. The fourth-order valence-corrected chi connectivity index (χ4v) is 5.20. The van der Waals surface area contributed by atoms with Gasteiger partial charge in [0.15, 0.2) is 6.10 Å². The fourth-order valence-electron chi connectivity index (χ4n) is 5.20. The van der Waals surface area contributed by atoms with Crippen LogP contribution in [-0.2, 0) is 33.4 Å². The van der Waals surface area contributed by atoms with Crippen LogP contribution in [0.15, 0.2) is 58.5 Å². The summed E-state index contributed by atoms with van der Waals surface area (Å²) in [7, 11) is 2.89. The minimum Gasteiger partial charge on any atom is -0.439 e. The number of primary amides is 1. The molecule has 2 aliphatic rings. The number of carbonyl (C=O) groups excluding carboxylic acids is 5. The zero-order valence-electron chi connectivity index (χ0n) is 27.0. The molecule has 2 rings (SSSR count). The summed E-state index contributed by atoms with van der Waals surface area (Å²) in [5.74, 6) is -2.58. The van der Waals surface area contributed by atoms with Gasteiger partial charge in [-0.25, -0.2) is 4.79 Å². The van der Waals surface area contributed by atoms with E-state index in [9.17, 15) is 29.1 Å². The number of ether oxygens (including phenoxy) is 3. The summed E-state index contributed by atoms with van der Waals surface area (Å²) < 4.78 is 16.6. The molecule has 1 heterocycles. The van der Waals surface area contributed by atoms with Gasteiger partial charge >= 0.3 is 6.09 Å². The number of nitrogens with one attached hydrogen (secondary N) is 3. The zero-order valence-corrected chi connectivity index (χ0v) is 27.0. The van der Waals surface area contributed by atoms with Crippen LogP contribution in [0.25, 0.3) is 0 Å². The molecule has 2 bridgehead atoms. The quantitative estimate of drug-likeness (QED) is 0.156. The minimum atomic E-state index is -1.01. The van der Waals surface area contributed by atoms with Crippen LogP contribution in [0.3, 0.4) is 0 Å². The number of Topliss-reactive ketones (excluding diaryl/α,β-unsaturated/α-hetero) is 1. The highest BCUT2D eigenvalue weighted by Gasteiger charge is 2.33. The maximum absolute atomic E-state index is 13.7. The van der Waals surface area contributed by atoms with Gasteiger partial charge in [-0.3, -0.25) is 19.2 Å². The van der Waals surface area contributed by atoms with Crippen LogP contribution in [0.5, 0.6) is 0 Å². The predicted molar refractivity (Wildman–Crippen MR) is 166 cm³/mol. The molecule has 0 saturated heterocycles. The molecule has 6 N–H and O–H groups in total. The Morgan fingerprint density at radius 2 is 1.80 bits per heavy atom. The molecule has 13 heteroatoms. The van der Waals surface area contributed by atoms with Crippen molar-refractivity contribution in [1.82, 2.24) is 16.0 Å². The number of rotatable bonds is 7. The Balaban J connectivity index is 2.58. The van der Waals surface area contributed by atoms with E-state index >= 15 is 0 Å². The SMILES string of the molecule is CO[C@H]1C=CC=C(C)C(=O)NC2=CC(=O)C(NCCNC(C)=O)=C(C[C@@H](C)C[C@H](OC)[C@H](O)[C@@H](C)C=C(C)[C@@H]1OC(N)=O)C2=O. The maximum Gasteiger partial charge on any atom is 0.405 e. The number of aliphatic hydroxyl groups is 1. The van der Waals surface area contributed by atoms with Crippen molar-refractivity contribution < 1.29 is 43.3 Å². The van der Waals surface area contributed by atoms with Crippen molar-refractivity contribution in [1.29, 1.82) is 0 Å². The molecule has 1 aliphatic heterocycles. The van der Waals surface area contributed by atoms with E-state index in [-0.39, 0.29) is 53.9 Å². The Bertz CT molecular complexity index is 1300. The molecule has 0 aromatic heterocycles. The molecule has 0 aromatic rings. The Morgan fingerprint density at radius 1 is 1.11 bits per heavy atom. The van der Waals surface area contributed by atoms with Gasteiger partial charge in [0.2, 0.25) is 17.5 Å². The molecule has 1 aliphatic carbocycles. The monoisotopic (exact) mass is 630 g/mol. The van der Waals surface area contributed by atoms with Crippen molar-refractivity contribution in [2.75, 3.05) is 27.3 Å². The summed E-state index contributed by atoms with van der Waals surface area (Å²) in [6, 6.07) is 0. The van der Waals surface area contributed by atoms with Crippen molar-refractivity contribution >= 4 is 29.5 Å². The van der Waals surface area contributed by atoms with Crippen LogP contribution in [-0.4, -0.2) is 86.3 Å². The van der Waals surface area contributed by atoms with Gasteiger partial charge in [-0.05, 0) is 38.2 Å². The molecule has 0 unspecified atom stereocenters. The number of hydrogen-bond donors (Lipinski definition) is 5. The molecule has 13 nitrogen and oxygen atoms in total. The summed E-state index contributed by atoms with van der Waals surface area (Å²) in [6.07, 6.45) is 3.47. The average Bonchev–Trinajstić information content (AvgIpc) is 2.97. The summed E-state index contributed by atoms with van der Waals surface area (Å²) in [4.78, 5) is 63.0. The summed E-state index contributed by atoms with van der Waals surface area (Å²) in [6.45, 7) is 8.70. The van der Waals surface area contributed by atoms with E-state index in [1.807, 2.05) is 6.92 Å². The lowest BCUT2D eigenvalue weighted by atomic mass is 9.85. The summed E-state index contributed by atoms with van der Waals surface area (Å²) >= 11 is 0. The van der Waals surface area contributed by atoms with Crippen LogP contribution < -0.4 is 21.7 Å². The molecular formula is C32H46N4O9. The highest BCUT2D eigenvalue weighted by atomic mass is 16.6. The van der Waals surface area contributed by atoms with Crippen LogP contribution in [0.1, 0.15) is 47.5 Å². The first-order valence-corrected chi connectivity index (χ1v) is 14.8. The van der Waals surface area contributed by atoms with E-state index in [1.165, 1.54) is 40.2 Å².